The Balaban J connectivity index is 1.77. The highest BCUT2D eigenvalue weighted by atomic mass is 35.5. The van der Waals surface area contributed by atoms with Gasteiger partial charge in [0.15, 0.2) is 5.96 Å². The summed E-state index contributed by atoms with van der Waals surface area (Å²) in [4.78, 5) is 62.8. The number of benzene rings is 2. The lowest BCUT2D eigenvalue weighted by Crippen LogP contribution is -2.61. The number of pyridine rings is 1. The molecular formula is C36H42ClN7O8. The molecule has 276 valence electrons. The molecule has 10 N–H and O–H groups in total. The maximum atomic E-state index is 14.3. The number of fused-ring (bicyclic) bond motifs is 1. The molecule has 5 atom stereocenters. The number of nitrogens with two attached hydrogens (primary N) is 2. The highest BCUT2D eigenvalue weighted by molar-refractivity contribution is 6.23. The largest absolute Gasteiger partial charge is 0.507 e. The van der Waals surface area contributed by atoms with Crippen LogP contribution in [0.5, 0.6) is 5.75 Å². The summed E-state index contributed by atoms with van der Waals surface area (Å²) in [5.74, 6) is -4.76. The van der Waals surface area contributed by atoms with Crippen LogP contribution >= 0.6 is 11.6 Å². The number of para-hydroxylation sites is 1. The van der Waals surface area contributed by atoms with Gasteiger partial charge in [-0.3, -0.25) is 24.4 Å². The first kappa shape index (κ1) is 39.3. The monoisotopic (exact) mass is 735 g/mol. The van der Waals surface area contributed by atoms with Gasteiger partial charge in [-0.1, -0.05) is 24.8 Å². The number of nitrogens with zero attached hydrogens (tertiary/aromatic N) is 3. The zero-order valence-corrected chi connectivity index (χ0v) is 29.8. The van der Waals surface area contributed by atoms with Gasteiger partial charge in [-0.2, -0.15) is 0 Å². The maximum absolute atomic E-state index is 14.3. The van der Waals surface area contributed by atoms with Crippen LogP contribution < -0.4 is 22.1 Å². The number of rotatable bonds is 12. The smallest absolute Gasteiger partial charge is 0.352 e. The number of hydrogen-bond donors (Lipinski definition) is 8. The third-order valence-corrected chi connectivity index (χ3v) is 9.26. The van der Waals surface area contributed by atoms with Crippen molar-refractivity contribution in [3.8, 4) is 16.9 Å². The number of phenolic OH excluding ortho intramolecular Hbond substituents is 1. The fourth-order valence-corrected chi connectivity index (χ4v) is 6.28. The number of aromatic hydroxyl groups is 1. The van der Waals surface area contributed by atoms with Gasteiger partial charge < -0.3 is 47.4 Å². The van der Waals surface area contributed by atoms with Crippen molar-refractivity contribution in [2.45, 2.75) is 63.3 Å². The highest BCUT2D eigenvalue weighted by Gasteiger charge is 2.52. The van der Waals surface area contributed by atoms with Crippen molar-refractivity contribution >= 4 is 57.7 Å². The molecule has 1 aliphatic heterocycles. The molecule has 0 bridgehead atoms. The normalized spacial score (nSPS) is 18.5. The molecule has 1 saturated heterocycles. The van der Waals surface area contributed by atoms with E-state index in [0.717, 1.165) is 4.90 Å². The van der Waals surface area contributed by atoms with E-state index < -0.39 is 65.1 Å². The molecule has 16 heteroatoms. The second kappa shape index (κ2) is 15.8. The van der Waals surface area contributed by atoms with E-state index in [4.69, 9.17) is 23.1 Å². The Morgan fingerprint density at radius 1 is 1.15 bits per heavy atom. The number of aliphatic carboxylic acids is 1. The highest BCUT2D eigenvalue weighted by Crippen LogP contribution is 2.39. The Labute approximate surface area is 304 Å². The van der Waals surface area contributed by atoms with E-state index in [1.807, 2.05) is 12.1 Å². The number of phenols is 1. The van der Waals surface area contributed by atoms with Gasteiger partial charge in [0, 0.05) is 40.4 Å². The third kappa shape index (κ3) is 8.33. The molecule has 1 fully saturated rings. The fraction of sp³-hybridized carbons (Fsp3) is 0.333. The number of carbonyl (C=O) groups is 4. The number of carbonyl (C=O) groups excluding carboxylic acids is 3. The van der Waals surface area contributed by atoms with E-state index in [9.17, 15) is 39.6 Å². The van der Waals surface area contributed by atoms with Gasteiger partial charge in [-0.25, -0.2) is 4.79 Å². The van der Waals surface area contributed by atoms with E-state index in [0.29, 0.717) is 27.6 Å². The lowest BCUT2D eigenvalue weighted by Gasteiger charge is -2.34. The molecule has 52 heavy (non-hydrogen) atoms. The van der Waals surface area contributed by atoms with Crippen LogP contribution in [0.2, 0.25) is 0 Å². The number of aliphatic imine (C=N–C) groups is 1. The van der Waals surface area contributed by atoms with Crippen molar-refractivity contribution in [1.29, 1.82) is 0 Å². The number of nitrogens with one attached hydrogen (secondary N) is 2. The number of amides is 3. The van der Waals surface area contributed by atoms with Gasteiger partial charge in [0.2, 0.25) is 11.8 Å². The molecule has 0 spiro atoms. The molecule has 1 aromatic heterocycles. The van der Waals surface area contributed by atoms with E-state index in [-0.39, 0.29) is 41.4 Å². The zero-order valence-electron chi connectivity index (χ0n) is 29.1. The molecule has 0 aliphatic carbocycles. The van der Waals surface area contributed by atoms with Crippen molar-refractivity contribution in [3.05, 3.63) is 77.6 Å². The molecule has 15 nitrogen and oxygen atoms in total. The number of halogens is 1. The van der Waals surface area contributed by atoms with Crippen molar-refractivity contribution in [2.24, 2.45) is 16.5 Å². The Hall–Kier alpha value is -5.51. The average Bonchev–Trinajstić information content (AvgIpc) is 3.41. The number of hydrogen-bond acceptors (Lipinski definition) is 9. The van der Waals surface area contributed by atoms with E-state index in [1.54, 1.807) is 25.3 Å². The lowest BCUT2D eigenvalue weighted by molar-refractivity contribution is -0.145. The minimum atomic E-state index is -1.82. The van der Waals surface area contributed by atoms with Crippen molar-refractivity contribution in [3.63, 3.8) is 0 Å². The second-order valence-corrected chi connectivity index (χ2v) is 13.5. The fourth-order valence-electron chi connectivity index (χ4n) is 6.03. The van der Waals surface area contributed by atoms with E-state index in [2.05, 4.69) is 27.2 Å². The lowest BCUT2D eigenvalue weighted by atomic mass is 9.91. The van der Waals surface area contributed by atoms with Gasteiger partial charge >= 0.3 is 5.97 Å². The summed E-state index contributed by atoms with van der Waals surface area (Å²) in [6, 6.07) is 7.92. The average molecular weight is 736 g/mol. The topological polar surface area (TPSA) is 254 Å². The quantitative estimate of drug-likeness (QED) is 0.0576. The number of aromatic nitrogens is 1. The molecule has 3 unspecified atom stereocenters. The predicted molar refractivity (Wildman–Crippen MR) is 196 cm³/mol. The van der Waals surface area contributed by atoms with Gasteiger partial charge in [0.25, 0.3) is 5.91 Å². The van der Waals surface area contributed by atoms with Crippen LogP contribution in [0.1, 0.15) is 50.0 Å². The first-order valence-electron chi connectivity index (χ1n) is 16.2. The van der Waals surface area contributed by atoms with Crippen LogP contribution in [0.15, 0.2) is 71.5 Å². The standard InChI is InChI=1S/C36H42ClN7O8/c1-17(2)22-15-40-23-9-7-6-8-20(23)26(22)21-14-19(10-11-24(21)45)31(47)43-29(27(37)25(46)16-41-35(38)39)33(49)44-13-12-36(5,52)30(44)32(48)42-28(18(3)4)34(50)51/h6-11,14-15,25,27,29-30,45-46,52H,1,12-13,16H2,2-5H3,(H,42,48)(H,43,47)(H,50,51)(H4,38,39,41)/t25?,27?,29?,30-,36-/m1/s1. The van der Waals surface area contributed by atoms with Gasteiger partial charge in [-0.15, -0.1) is 11.6 Å². The van der Waals surface area contributed by atoms with Gasteiger partial charge in [0.1, 0.15) is 23.5 Å². The van der Waals surface area contributed by atoms with Gasteiger partial charge in [0.05, 0.1) is 29.1 Å². The van der Waals surface area contributed by atoms with Crippen LogP contribution in [-0.2, 0) is 14.4 Å². The number of aliphatic hydroxyl groups excluding tert-OH is 1. The molecular weight excluding hydrogens is 694 g/mol. The number of aliphatic hydroxyl groups is 2. The second-order valence-electron chi connectivity index (χ2n) is 13.0. The Morgan fingerprint density at radius 2 is 1.83 bits per heavy atom. The number of carboxylic acid groups (broad SMARTS) is 1. The molecule has 0 saturated carbocycles. The molecule has 2 aromatic carbocycles. The summed E-state index contributed by atoms with van der Waals surface area (Å²) in [6.45, 7) is 9.41. The van der Waals surface area contributed by atoms with Crippen molar-refractivity contribution in [2.75, 3.05) is 13.1 Å². The minimum Gasteiger partial charge on any atom is -0.507 e. The number of allylic oxidation sites excluding steroid dienone is 2. The van der Waals surface area contributed by atoms with Crippen LogP contribution in [0.3, 0.4) is 0 Å². The molecule has 3 amide bonds. The first-order valence-corrected chi connectivity index (χ1v) is 16.6. The molecule has 1 aliphatic rings. The summed E-state index contributed by atoms with van der Waals surface area (Å²) in [5.41, 5.74) is 11.5. The van der Waals surface area contributed by atoms with Crippen LogP contribution in [0.4, 0.5) is 0 Å². The van der Waals surface area contributed by atoms with Gasteiger partial charge in [-0.05, 0) is 69.5 Å². The summed E-state index contributed by atoms with van der Waals surface area (Å²) >= 11 is 6.66. The molecule has 0 radical (unpaired) electrons. The number of alkyl halides is 1. The summed E-state index contributed by atoms with van der Waals surface area (Å²) < 4.78 is 0. The zero-order chi connectivity index (χ0) is 38.7. The van der Waals surface area contributed by atoms with Crippen LogP contribution in [0.25, 0.3) is 27.6 Å². The number of carboxylic acids is 1. The molecule has 4 rings (SSSR count). The Kier molecular flexibility index (Phi) is 11.9. The minimum absolute atomic E-state index is 0.0147. The van der Waals surface area contributed by atoms with Crippen LogP contribution in [-0.4, -0.2) is 102 Å². The first-order chi connectivity index (χ1) is 24.3. The van der Waals surface area contributed by atoms with Crippen molar-refractivity contribution in [1.82, 2.24) is 20.5 Å². The molecule has 3 aromatic rings. The summed E-state index contributed by atoms with van der Waals surface area (Å²) in [5, 5.41) is 46.7. The third-order valence-electron chi connectivity index (χ3n) is 8.72. The van der Waals surface area contributed by atoms with E-state index in [1.165, 1.54) is 39.0 Å². The maximum Gasteiger partial charge on any atom is 0.352 e. The SMILES string of the molecule is C=C(C)c1cnc2ccccc2c1-c1cc(C(=O)NC(C(=O)N2CC[C@@](C)(O)[C@H]2C(=O)NC(C(=O)O)=C(C)C)C(Cl)C(O)CN=C(N)N)ccc1O. The van der Waals surface area contributed by atoms with Crippen LogP contribution in [0, 0.1) is 0 Å². The predicted octanol–water partition coefficient (Wildman–Crippen LogP) is 1.83. The number of likely N-dealkylation sites (tertiary alicyclic amines) is 1. The van der Waals surface area contributed by atoms with E-state index >= 15 is 0 Å². The summed E-state index contributed by atoms with van der Waals surface area (Å²) in [7, 11) is 0. The summed E-state index contributed by atoms with van der Waals surface area (Å²) in [6.07, 6.45) is -0.0786. The van der Waals surface area contributed by atoms with Crippen molar-refractivity contribution < 1.29 is 39.6 Å². The Morgan fingerprint density at radius 3 is 2.44 bits per heavy atom. The molecule has 2 heterocycles. The Bertz CT molecular complexity index is 1990. The number of guanidine groups is 1.